The van der Waals surface area contributed by atoms with Crippen molar-refractivity contribution < 1.29 is 14.3 Å². The SMILES string of the molecule is Nc1nc2c(cnn2[C@@H](C(=O)CCc2cccc(C3(O)CCC3)n2)c2ccccc2)c2nc(-c3ccco3)nn12. The number of furan rings is 1. The first-order valence-corrected chi connectivity index (χ1v) is 13.2. The highest BCUT2D eigenvalue weighted by molar-refractivity contribution is 5.93. The van der Waals surface area contributed by atoms with Crippen LogP contribution in [0.15, 0.2) is 77.5 Å². The summed E-state index contributed by atoms with van der Waals surface area (Å²) < 4.78 is 8.50. The molecule has 5 heterocycles. The number of aryl methyl sites for hydroxylation is 1. The molecular formula is C29H26N8O3. The van der Waals surface area contributed by atoms with E-state index in [9.17, 15) is 9.90 Å². The molecule has 40 heavy (non-hydrogen) atoms. The van der Waals surface area contributed by atoms with Gasteiger partial charge in [-0.25, -0.2) is 9.67 Å². The average molecular weight is 535 g/mol. The number of nitrogens with two attached hydrogens (primary N) is 1. The summed E-state index contributed by atoms with van der Waals surface area (Å²) in [6.45, 7) is 0. The normalized spacial score (nSPS) is 15.3. The van der Waals surface area contributed by atoms with E-state index >= 15 is 0 Å². The Kier molecular flexibility index (Phi) is 5.67. The number of carbonyl (C=O) groups excluding carboxylic acids is 1. The molecule has 1 saturated carbocycles. The molecule has 0 amide bonds. The fraction of sp³-hybridized carbons (Fsp3) is 0.241. The Bertz CT molecular complexity index is 1840. The monoisotopic (exact) mass is 534 g/mol. The van der Waals surface area contributed by atoms with Crippen molar-refractivity contribution in [2.24, 2.45) is 0 Å². The van der Waals surface area contributed by atoms with E-state index in [1.54, 1.807) is 29.3 Å². The average Bonchev–Trinajstić information content (AvgIpc) is 3.72. The van der Waals surface area contributed by atoms with E-state index in [4.69, 9.17) is 10.2 Å². The predicted molar refractivity (Wildman–Crippen MR) is 146 cm³/mol. The minimum atomic E-state index is -0.851. The van der Waals surface area contributed by atoms with Crippen molar-refractivity contribution in [1.29, 1.82) is 0 Å². The summed E-state index contributed by atoms with van der Waals surface area (Å²) in [4.78, 5) is 27.7. The molecule has 0 saturated heterocycles. The molecule has 200 valence electrons. The molecule has 11 nitrogen and oxygen atoms in total. The van der Waals surface area contributed by atoms with E-state index in [0.29, 0.717) is 53.2 Å². The molecule has 0 aliphatic heterocycles. The predicted octanol–water partition coefficient (Wildman–Crippen LogP) is 3.87. The lowest BCUT2D eigenvalue weighted by Crippen LogP contribution is -2.34. The Balaban J connectivity index is 1.25. The number of carbonyl (C=O) groups is 1. The van der Waals surface area contributed by atoms with E-state index in [0.717, 1.165) is 17.7 Å². The van der Waals surface area contributed by atoms with Crippen molar-refractivity contribution in [3.63, 3.8) is 0 Å². The van der Waals surface area contributed by atoms with Gasteiger partial charge in [-0.2, -0.15) is 14.6 Å². The quantitative estimate of drug-likeness (QED) is 0.296. The molecule has 1 aliphatic carbocycles. The molecule has 6 aromatic rings. The van der Waals surface area contributed by atoms with Crippen LogP contribution in [0.2, 0.25) is 0 Å². The molecule has 5 aromatic heterocycles. The minimum Gasteiger partial charge on any atom is -0.461 e. The third-order valence-corrected chi connectivity index (χ3v) is 7.55. The van der Waals surface area contributed by atoms with Crippen molar-refractivity contribution in [3.8, 4) is 11.6 Å². The third-order valence-electron chi connectivity index (χ3n) is 7.55. The maximum atomic E-state index is 13.9. The van der Waals surface area contributed by atoms with Crippen LogP contribution in [0.25, 0.3) is 28.3 Å². The van der Waals surface area contributed by atoms with E-state index in [-0.39, 0.29) is 18.2 Å². The minimum absolute atomic E-state index is 0.0521. The topological polar surface area (TPSA) is 150 Å². The maximum Gasteiger partial charge on any atom is 0.225 e. The zero-order valence-electron chi connectivity index (χ0n) is 21.5. The summed E-state index contributed by atoms with van der Waals surface area (Å²) in [6, 6.07) is 17.9. The number of hydrogen-bond donors (Lipinski definition) is 2. The molecule has 0 unspecified atom stereocenters. The first-order chi connectivity index (χ1) is 19.5. The number of aromatic nitrogens is 7. The fourth-order valence-electron chi connectivity index (χ4n) is 5.26. The summed E-state index contributed by atoms with van der Waals surface area (Å²) in [7, 11) is 0. The largest absolute Gasteiger partial charge is 0.461 e. The van der Waals surface area contributed by atoms with Gasteiger partial charge in [0.05, 0.1) is 23.5 Å². The molecule has 1 fully saturated rings. The van der Waals surface area contributed by atoms with Crippen LogP contribution in [-0.4, -0.2) is 45.2 Å². The molecule has 0 bridgehead atoms. The third kappa shape index (κ3) is 4.02. The van der Waals surface area contributed by atoms with Crippen LogP contribution in [0.4, 0.5) is 5.95 Å². The van der Waals surface area contributed by atoms with Crippen LogP contribution >= 0.6 is 0 Å². The van der Waals surface area contributed by atoms with Gasteiger partial charge in [-0.3, -0.25) is 9.78 Å². The number of nitrogen functional groups attached to an aromatic ring is 1. The summed E-state index contributed by atoms with van der Waals surface area (Å²) in [5.41, 5.74) is 8.56. The van der Waals surface area contributed by atoms with Gasteiger partial charge in [-0.1, -0.05) is 36.4 Å². The van der Waals surface area contributed by atoms with Crippen LogP contribution < -0.4 is 5.73 Å². The lowest BCUT2D eigenvalue weighted by Gasteiger charge is -2.36. The number of fused-ring (bicyclic) bond motifs is 3. The van der Waals surface area contributed by atoms with Crippen LogP contribution in [0.3, 0.4) is 0 Å². The highest BCUT2D eigenvalue weighted by atomic mass is 16.3. The Labute approximate surface area is 228 Å². The number of nitrogens with zero attached hydrogens (tertiary/aromatic N) is 7. The fourth-order valence-corrected chi connectivity index (χ4v) is 5.26. The highest BCUT2D eigenvalue weighted by Gasteiger charge is 2.37. The number of Topliss-reactive ketones (excluding diaryl/α,β-unsaturated/α-hetero) is 1. The summed E-state index contributed by atoms with van der Waals surface area (Å²) in [5.74, 6) is 0.936. The second-order valence-electron chi connectivity index (χ2n) is 10.1. The first-order valence-electron chi connectivity index (χ1n) is 13.2. The zero-order chi connectivity index (χ0) is 27.3. The van der Waals surface area contributed by atoms with Crippen LogP contribution in [0.5, 0.6) is 0 Å². The smallest absolute Gasteiger partial charge is 0.225 e. The van der Waals surface area contributed by atoms with E-state index in [1.165, 1.54) is 4.52 Å². The molecule has 1 atom stereocenters. The van der Waals surface area contributed by atoms with Gasteiger partial charge in [0.2, 0.25) is 11.8 Å². The number of aliphatic hydroxyl groups is 1. The molecule has 0 radical (unpaired) electrons. The van der Waals surface area contributed by atoms with Crippen molar-refractivity contribution in [2.45, 2.75) is 43.7 Å². The van der Waals surface area contributed by atoms with Crippen molar-refractivity contribution in [1.82, 2.24) is 34.3 Å². The molecule has 7 rings (SSSR count). The van der Waals surface area contributed by atoms with E-state index in [2.05, 4.69) is 25.1 Å². The number of ketones is 1. The Hall–Kier alpha value is -4.90. The number of benzene rings is 1. The zero-order valence-corrected chi connectivity index (χ0v) is 21.5. The van der Waals surface area contributed by atoms with Crippen molar-refractivity contribution in [2.75, 3.05) is 5.73 Å². The highest BCUT2D eigenvalue weighted by Crippen LogP contribution is 2.40. The standard InChI is InChI=1S/C29H26N8O3/c30-28-34-27-20(26-33-25(35-37(26)28)22-10-5-16-40-22)17-31-36(27)24(18-7-2-1-3-8-18)21(38)13-12-19-9-4-11-23(32-19)29(39)14-6-15-29/h1-5,7-11,16-17,24,39H,6,12-15H2,(H2,30,34)/t24-/m1/s1. The summed E-state index contributed by atoms with van der Waals surface area (Å²) >= 11 is 0. The van der Waals surface area contributed by atoms with Gasteiger partial charge in [-0.05, 0) is 55.5 Å². The Morgan fingerprint density at radius 1 is 1.02 bits per heavy atom. The van der Waals surface area contributed by atoms with Crippen LogP contribution in [0.1, 0.15) is 48.7 Å². The number of rotatable bonds is 8. The van der Waals surface area contributed by atoms with Crippen LogP contribution in [-0.2, 0) is 16.8 Å². The maximum absolute atomic E-state index is 13.9. The lowest BCUT2D eigenvalue weighted by atomic mass is 9.77. The van der Waals surface area contributed by atoms with Gasteiger partial charge in [0.25, 0.3) is 0 Å². The van der Waals surface area contributed by atoms with Crippen molar-refractivity contribution >= 4 is 28.4 Å². The Morgan fingerprint density at radius 3 is 2.62 bits per heavy atom. The summed E-state index contributed by atoms with van der Waals surface area (Å²) in [6.07, 6.45) is 6.25. The van der Waals surface area contributed by atoms with Gasteiger partial charge in [0.1, 0.15) is 11.6 Å². The number of anilines is 1. The van der Waals surface area contributed by atoms with Gasteiger partial charge in [-0.15, -0.1) is 5.10 Å². The summed E-state index contributed by atoms with van der Waals surface area (Å²) in [5, 5.41) is 20.4. The molecule has 1 aromatic carbocycles. The van der Waals surface area contributed by atoms with Gasteiger partial charge in [0.15, 0.2) is 22.8 Å². The van der Waals surface area contributed by atoms with Gasteiger partial charge in [0, 0.05) is 12.1 Å². The van der Waals surface area contributed by atoms with E-state index in [1.807, 2.05) is 48.5 Å². The second kappa shape index (κ2) is 9.38. The van der Waals surface area contributed by atoms with Gasteiger partial charge >= 0.3 is 0 Å². The lowest BCUT2D eigenvalue weighted by molar-refractivity contribution is -0.121. The molecule has 0 spiro atoms. The number of pyridine rings is 1. The Morgan fingerprint density at radius 2 is 1.88 bits per heavy atom. The van der Waals surface area contributed by atoms with Crippen LogP contribution in [0, 0.1) is 0 Å². The molecule has 11 heteroatoms. The number of hydrogen-bond acceptors (Lipinski definition) is 9. The second-order valence-corrected chi connectivity index (χ2v) is 10.1. The molecule has 3 N–H and O–H groups in total. The van der Waals surface area contributed by atoms with Crippen molar-refractivity contribution in [3.05, 3.63) is 90.1 Å². The van der Waals surface area contributed by atoms with E-state index < -0.39 is 11.6 Å². The molecule has 1 aliphatic rings. The molecular weight excluding hydrogens is 508 g/mol. The first kappa shape index (κ1) is 24.2. The van der Waals surface area contributed by atoms with Gasteiger partial charge < -0.3 is 15.3 Å².